The van der Waals surface area contributed by atoms with Crippen molar-refractivity contribution in [3.05, 3.63) is 59.9 Å². The van der Waals surface area contributed by atoms with Crippen LogP contribution in [0.25, 0.3) is 22.2 Å². The first kappa shape index (κ1) is 24.0. The number of amides is 3. The second-order valence-corrected chi connectivity index (χ2v) is 9.11. The van der Waals surface area contributed by atoms with Gasteiger partial charge < -0.3 is 24.4 Å². The molecule has 0 atom stereocenters. The molecule has 2 aliphatic heterocycles. The van der Waals surface area contributed by atoms with Crippen LogP contribution in [0.1, 0.15) is 12.0 Å². The monoisotopic (exact) mass is 492 g/mol. The van der Waals surface area contributed by atoms with Gasteiger partial charge in [0.2, 0.25) is 5.91 Å². The number of morpholine rings is 1. The summed E-state index contributed by atoms with van der Waals surface area (Å²) in [6, 6.07) is 14.3. The maximum Gasteiger partial charge on any atom is 0.312 e. The van der Waals surface area contributed by atoms with Gasteiger partial charge in [-0.3, -0.25) is 14.4 Å². The van der Waals surface area contributed by atoms with Crippen LogP contribution in [0.5, 0.6) is 0 Å². The molecule has 3 amide bonds. The molecule has 1 aromatic heterocycles. The molecule has 9 heteroatoms. The smallest absolute Gasteiger partial charge is 0.312 e. The molecule has 3 heterocycles. The molecule has 2 aliphatic rings. The van der Waals surface area contributed by atoms with Crippen molar-refractivity contribution < 1.29 is 23.5 Å². The number of H-pyrrole nitrogens is 1. The van der Waals surface area contributed by atoms with Gasteiger partial charge in [0.1, 0.15) is 5.82 Å². The lowest BCUT2D eigenvalue weighted by molar-refractivity contribution is -0.155. The molecule has 0 radical (unpaired) electrons. The van der Waals surface area contributed by atoms with Gasteiger partial charge in [0.25, 0.3) is 0 Å². The number of rotatable bonds is 4. The van der Waals surface area contributed by atoms with Crippen LogP contribution in [-0.2, 0) is 25.5 Å². The van der Waals surface area contributed by atoms with E-state index >= 15 is 0 Å². The Hall–Kier alpha value is -3.72. The Morgan fingerprint density at radius 2 is 1.42 bits per heavy atom. The van der Waals surface area contributed by atoms with Crippen molar-refractivity contribution in [2.45, 2.75) is 12.8 Å². The van der Waals surface area contributed by atoms with Crippen LogP contribution in [-0.4, -0.2) is 89.9 Å². The lowest BCUT2D eigenvalue weighted by Crippen LogP contribution is -2.55. The van der Waals surface area contributed by atoms with Crippen molar-refractivity contribution in [1.82, 2.24) is 19.7 Å². The molecule has 188 valence electrons. The number of piperazine rings is 1. The minimum atomic E-state index is -0.508. The zero-order chi connectivity index (χ0) is 25.1. The molecule has 2 fully saturated rings. The molecule has 8 nitrogen and oxygen atoms in total. The van der Waals surface area contributed by atoms with E-state index in [-0.39, 0.29) is 11.7 Å². The zero-order valence-corrected chi connectivity index (χ0v) is 20.0. The number of hydrogen-bond acceptors (Lipinski definition) is 4. The van der Waals surface area contributed by atoms with Gasteiger partial charge in [0.05, 0.1) is 13.2 Å². The Kier molecular flexibility index (Phi) is 6.99. The van der Waals surface area contributed by atoms with Crippen LogP contribution in [0, 0.1) is 5.82 Å². The van der Waals surface area contributed by atoms with E-state index in [4.69, 9.17) is 4.74 Å². The second-order valence-electron chi connectivity index (χ2n) is 9.11. The number of para-hydroxylation sites is 1. The van der Waals surface area contributed by atoms with E-state index in [0.29, 0.717) is 65.3 Å². The Bertz CT molecular complexity index is 1260. The number of hydrogen-bond donors (Lipinski definition) is 1. The largest absolute Gasteiger partial charge is 0.378 e. The highest BCUT2D eigenvalue weighted by molar-refractivity contribution is 6.34. The predicted octanol–water partition coefficient (Wildman–Crippen LogP) is 2.44. The molecule has 0 spiro atoms. The summed E-state index contributed by atoms with van der Waals surface area (Å²) in [4.78, 5) is 46.4. The predicted molar refractivity (Wildman–Crippen MR) is 133 cm³/mol. The van der Waals surface area contributed by atoms with Gasteiger partial charge in [-0.2, -0.15) is 0 Å². The van der Waals surface area contributed by atoms with E-state index in [2.05, 4.69) is 4.98 Å². The molecule has 0 aliphatic carbocycles. The minimum Gasteiger partial charge on any atom is -0.378 e. The Balaban J connectivity index is 1.21. The number of aromatic nitrogens is 1. The van der Waals surface area contributed by atoms with Crippen LogP contribution in [0.15, 0.2) is 48.5 Å². The number of nitrogens with zero attached hydrogens (tertiary/aromatic N) is 3. The standard InChI is InChI=1S/C27H29FN4O4/c28-20-7-5-19(6-8-20)25-22(21-3-1-2-4-23(21)29-25)9-10-24(33)30-11-13-31(14-12-30)26(34)27(35)32-15-17-36-18-16-32/h1-8,29H,9-18H2. The van der Waals surface area contributed by atoms with Crippen LogP contribution >= 0.6 is 0 Å². The summed E-state index contributed by atoms with van der Waals surface area (Å²) >= 11 is 0. The first-order valence-corrected chi connectivity index (χ1v) is 12.3. The number of benzene rings is 2. The molecule has 36 heavy (non-hydrogen) atoms. The number of aryl methyl sites for hydroxylation is 1. The molecular weight excluding hydrogens is 463 g/mol. The quantitative estimate of drug-likeness (QED) is 0.567. The maximum absolute atomic E-state index is 13.5. The van der Waals surface area contributed by atoms with Crippen LogP contribution < -0.4 is 0 Å². The summed E-state index contributed by atoms with van der Waals surface area (Å²) in [5.41, 5.74) is 3.75. The van der Waals surface area contributed by atoms with Gasteiger partial charge >= 0.3 is 11.8 Å². The summed E-state index contributed by atoms with van der Waals surface area (Å²) in [5.74, 6) is -1.29. The van der Waals surface area contributed by atoms with Crippen LogP contribution in [0.2, 0.25) is 0 Å². The first-order valence-electron chi connectivity index (χ1n) is 12.3. The molecule has 1 N–H and O–H groups in total. The number of carbonyl (C=O) groups is 3. The number of nitrogens with one attached hydrogen (secondary N) is 1. The molecule has 2 aromatic carbocycles. The summed E-state index contributed by atoms with van der Waals surface area (Å²) in [5, 5.41) is 1.04. The van der Waals surface area contributed by atoms with Crippen molar-refractivity contribution in [2.75, 3.05) is 52.5 Å². The van der Waals surface area contributed by atoms with Crippen molar-refractivity contribution in [2.24, 2.45) is 0 Å². The van der Waals surface area contributed by atoms with Crippen LogP contribution in [0.3, 0.4) is 0 Å². The minimum absolute atomic E-state index is 0.0111. The topological polar surface area (TPSA) is 86.0 Å². The fraction of sp³-hybridized carbons (Fsp3) is 0.370. The van der Waals surface area contributed by atoms with E-state index < -0.39 is 11.8 Å². The summed E-state index contributed by atoms with van der Waals surface area (Å²) in [7, 11) is 0. The third-order valence-corrected chi connectivity index (χ3v) is 6.94. The third kappa shape index (κ3) is 4.97. The van der Waals surface area contributed by atoms with Crippen molar-refractivity contribution in [1.29, 1.82) is 0 Å². The lowest BCUT2D eigenvalue weighted by atomic mass is 10.0. The van der Waals surface area contributed by atoms with E-state index in [1.54, 1.807) is 17.0 Å². The average Bonchev–Trinajstić information content (AvgIpc) is 3.30. The first-order chi connectivity index (χ1) is 17.5. The highest BCUT2D eigenvalue weighted by atomic mass is 19.1. The Labute approximate surface area is 208 Å². The summed E-state index contributed by atoms with van der Waals surface area (Å²) < 4.78 is 18.7. The molecule has 3 aromatic rings. The van der Waals surface area contributed by atoms with Crippen LogP contribution in [0.4, 0.5) is 4.39 Å². The van der Waals surface area contributed by atoms with Gasteiger partial charge in [0.15, 0.2) is 0 Å². The van der Waals surface area contributed by atoms with E-state index in [1.165, 1.54) is 21.9 Å². The van der Waals surface area contributed by atoms with Gasteiger partial charge in [-0.1, -0.05) is 18.2 Å². The third-order valence-electron chi connectivity index (χ3n) is 6.94. The second kappa shape index (κ2) is 10.5. The van der Waals surface area contributed by atoms with Gasteiger partial charge in [-0.05, 0) is 47.9 Å². The number of halogens is 1. The molecule has 0 bridgehead atoms. The summed E-state index contributed by atoms with van der Waals surface area (Å²) in [6.45, 7) is 3.23. The molecule has 0 saturated carbocycles. The van der Waals surface area contributed by atoms with E-state index in [9.17, 15) is 18.8 Å². The number of carbonyl (C=O) groups excluding carboxylic acids is 3. The van der Waals surface area contributed by atoms with Gasteiger partial charge in [-0.15, -0.1) is 0 Å². The van der Waals surface area contributed by atoms with Crippen molar-refractivity contribution in [3.63, 3.8) is 0 Å². The number of ether oxygens (including phenoxy) is 1. The SMILES string of the molecule is O=C(CCc1c(-c2ccc(F)cc2)[nH]c2ccccc12)N1CCN(C(=O)C(=O)N2CCOCC2)CC1. The molecule has 0 unspecified atom stereocenters. The zero-order valence-electron chi connectivity index (χ0n) is 20.0. The molecule has 5 rings (SSSR count). The maximum atomic E-state index is 13.5. The highest BCUT2D eigenvalue weighted by Crippen LogP contribution is 2.31. The normalized spacial score (nSPS) is 16.4. The Morgan fingerprint density at radius 3 is 2.11 bits per heavy atom. The molecule has 2 saturated heterocycles. The van der Waals surface area contributed by atoms with Crippen molar-refractivity contribution in [3.8, 4) is 11.3 Å². The number of aromatic amines is 1. The van der Waals surface area contributed by atoms with Gasteiger partial charge in [-0.25, -0.2) is 4.39 Å². The fourth-order valence-corrected chi connectivity index (χ4v) is 4.91. The van der Waals surface area contributed by atoms with Gasteiger partial charge in [0, 0.05) is 62.3 Å². The highest BCUT2D eigenvalue weighted by Gasteiger charge is 2.31. The summed E-state index contributed by atoms with van der Waals surface area (Å²) in [6.07, 6.45) is 0.848. The average molecular weight is 493 g/mol. The van der Waals surface area contributed by atoms with E-state index in [1.807, 2.05) is 24.3 Å². The number of fused-ring (bicyclic) bond motifs is 1. The lowest BCUT2D eigenvalue weighted by Gasteiger charge is -2.36. The fourth-order valence-electron chi connectivity index (χ4n) is 4.91. The van der Waals surface area contributed by atoms with E-state index in [0.717, 1.165) is 27.7 Å². The molecular formula is C27H29FN4O4. The Morgan fingerprint density at radius 1 is 0.806 bits per heavy atom. The van der Waals surface area contributed by atoms with Crippen molar-refractivity contribution >= 4 is 28.6 Å².